The molecule has 1 aromatic carbocycles. The number of sulfone groups is 1. The van der Waals surface area contributed by atoms with Gasteiger partial charge in [0.2, 0.25) is 0 Å². The van der Waals surface area contributed by atoms with Crippen LogP contribution in [0.3, 0.4) is 0 Å². The van der Waals surface area contributed by atoms with Gasteiger partial charge in [0.05, 0.1) is 11.0 Å². The molecule has 0 saturated heterocycles. The zero-order chi connectivity index (χ0) is 14.8. The molecule has 0 aliphatic heterocycles. The van der Waals surface area contributed by atoms with E-state index in [4.69, 9.17) is 5.73 Å². The van der Waals surface area contributed by atoms with Gasteiger partial charge in [-0.25, -0.2) is 8.42 Å². The second kappa shape index (κ2) is 6.27. The SMILES string of the molecule is Cc1ccccc1C(N)CS(=O)(=O)C1CCCC(C)C1. The summed E-state index contributed by atoms with van der Waals surface area (Å²) in [6.45, 7) is 4.12. The minimum atomic E-state index is -3.11. The lowest BCUT2D eigenvalue weighted by Crippen LogP contribution is -2.33. The quantitative estimate of drug-likeness (QED) is 0.929. The Hall–Kier alpha value is -0.870. The van der Waals surface area contributed by atoms with E-state index < -0.39 is 15.9 Å². The predicted molar refractivity (Wildman–Crippen MR) is 83.3 cm³/mol. The van der Waals surface area contributed by atoms with E-state index >= 15 is 0 Å². The van der Waals surface area contributed by atoms with Gasteiger partial charge in [-0.15, -0.1) is 0 Å². The first-order valence-electron chi connectivity index (χ1n) is 7.43. The third-order valence-corrected chi connectivity index (χ3v) is 6.66. The number of aryl methyl sites for hydroxylation is 1. The van der Waals surface area contributed by atoms with Crippen molar-refractivity contribution in [2.45, 2.75) is 50.8 Å². The molecule has 1 fully saturated rings. The lowest BCUT2D eigenvalue weighted by atomic mass is 9.91. The third kappa shape index (κ3) is 3.61. The number of hydrogen-bond donors (Lipinski definition) is 1. The van der Waals surface area contributed by atoms with Crippen molar-refractivity contribution < 1.29 is 8.42 Å². The Morgan fingerprint density at radius 1 is 1.30 bits per heavy atom. The van der Waals surface area contributed by atoms with Gasteiger partial charge >= 0.3 is 0 Å². The van der Waals surface area contributed by atoms with Crippen LogP contribution in [-0.4, -0.2) is 19.4 Å². The molecule has 3 atom stereocenters. The Morgan fingerprint density at radius 2 is 2.00 bits per heavy atom. The van der Waals surface area contributed by atoms with Crippen molar-refractivity contribution in [1.82, 2.24) is 0 Å². The summed E-state index contributed by atoms with van der Waals surface area (Å²) in [4.78, 5) is 0. The topological polar surface area (TPSA) is 60.2 Å². The zero-order valence-electron chi connectivity index (χ0n) is 12.4. The van der Waals surface area contributed by atoms with Crippen LogP contribution in [0.25, 0.3) is 0 Å². The summed E-state index contributed by atoms with van der Waals surface area (Å²) in [6.07, 6.45) is 3.76. The van der Waals surface area contributed by atoms with Crippen LogP contribution in [0.4, 0.5) is 0 Å². The van der Waals surface area contributed by atoms with Crippen molar-refractivity contribution in [3.8, 4) is 0 Å². The van der Waals surface area contributed by atoms with E-state index in [1.54, 1.807) is 0 Å². The smallest absolute Gasteiger partial charge is 0.155 e. The van der Waals surface area contributed by atoms with E-state index in [-0.39, 0.29) is 11.0 Å². The normalized spacial score (nSPS) is 25.4. The fourth-order valence-corrected chi connectivity index (χ4v) is 5.28. The van der Waals surface area contributed by atoms with Gasteiger partial charge in [-0.3, -0.25) is 0 Å². The average Bonchev–Trinajstić information content (AvgIpc) is 2.38. The van der Waals surface area contributed by atoms with Gasteiger partial charge in [-0.05, 0) is 36.8 Å². The number of hydrogen-bond acceptors (Lipinski definition) is 3. The third-order valence-electron chi connectivity index (χ3n) is 4.40. The summed E-state index contributed by atoms with van der Waals surface area (Å²) >= 11 is 0. The molecule has 0 spiro atoms. The first-order chi connectivity index (χ1) is 9.40. The maximum Gasteiger partial charge on any atom is 0.155 e. The molecule has 3 unspecified atom stereocenters. The fourth-order valence-electron chi connectivity index (χ4n) is 3.18. The van der Waals surface area contributed by atoms with Gasteiger partial charge in [-0.1, -0.05) is 44.0 Å². The molecule has 0 radical (unpaired) electrons. The van der Waals surface area contributed by atoms with E-state index in [1.165, 1.54) is 0 Å². The highest BCUT2D eigenvalue weighted by atomic mass is 32.2. The van der Waals surface area contributed by atoms with Crippen molar-refractivity contribution in [3.63, 3.8) is 0 Å². The van der Waals surface area contributed by atoms with Crippen LogP contribution in [0.5, 0.6) is 0 Å². The summed E-state index contributed by atoms with van der Waals surface area (Å²) in [5, 5.41) is -0.193. The molecule has 2 N–H and O–H groups in total. The largest absolute Gasteiger partial charge is 0.323 e. The van der Waals surface area contributed by atoms with Crippen molar-refractivity contribution in [1.29, 1.82) is 0 Å². The molecule has 0 aromatic heterocycles. The average molecular weight is 295 g/mol. The van der Waals surface area contributed by atoms with E-state index in [9.17, 15) is 8.42 Å². The van der Waals surface area contributed by atoms with Gasteiger partial charge in [0.25, 0.3) is 0 Å². The highest BCUT2D eigenvalue weighted by Crippen LogP contribution is 2.30. The lowest BCUT2D eigenvalue weighted by molar-refractivity contribution is 0.381. The van der Waals surface area contributed by atoms with Gasteiger partial charge in [0, 0.05) is 6.04 Å². The Bertz CT molecular complexity index is 553. The molecule has 1 aliphatic rings. The van der Waals surface area contributed by atoms with Crippen molar-refractivity contribution in [2.75, 3.05) is 5.75 Å². The molecule has 3 nitrogen and oxygen atoms in total. The van der Waals surface area contributed by atoms with Gasteiger partial charge < -0.3 is 5.73 Å². The van der Waals surface area contributed by atoms with E-state index in [0.29, 0.717) is 5.92 Å². The number of rotatable bonds is 4. The Morgan fingerprint density at radius 3 is 2.65 bits per heavy atom. The predicted octanol–water partition coefficient (Wildman–Crippen LogP) is 2.99. The van der Waals surface area contributed by atoms with Crippen LogP contribution < -0.4 is 5.73 Å². The maximum atomic E-state index is 12.5. The van der Waals surface area contributed by atoms with E-state index in [2.05, 4.69) is 6.92 Å². The molecule has 20 heavy (non-hydrogen) atoms. The molecule has 2 rings (SSSR count). The second-order valence-electron chi connectivity index (χ2n) is 6.19. The zero-order valence-corrected chi connectivity index (χ0v) is 13.2. The first-order valence-corrected chi connectivity index (χ1v) is 9.14. The lowest BCUT2D eigenvalue weighted by Gasteiger charge is -2.27. The summed E-state index contributed by atoms with van der Waals surface area (Å²) < 4.78 is 25.1. The molecular formula is C16H25NO2S. The summed E-state index contributed by atoms with van der Waals surface area (Å²) in [7, 11) is -3.11. The fraction of sp³-hybridized carbons (Fsp3) is 0.625. The van der Waals surface area contributed by atoms with Crippen LogP contribution in [0.15, 0.2) is 24.3 Å². The van der Waals surface area contributed by atoms with E-state index in [1.807, 2.05) is 31.2 Å². The highest BCUT2D eigenvalue weighted by Gasteiger charge is 2.31. The van der Waals surface area contributed by atoms with Crippen molar-refractivity contribution >= 4 is 9.84 Å². The molecule has 1 aliphatic carbocycles. The Kier molecular flexibility index (Phi) is 4.86. The van der Waals surface area contributed by atoms with Crippen LogP contribution in [0.2, 0.25) is 0 Å². The molecule has 4 heteroatoms. The van der Waals surface area contributed by atoms with Gasteiger partial charge in [-0.2, -0.15) is 0 Å². The standard InChI is InChI=1S/C16H25NO2S/c1-12-6-5-8-14(10-12)20(18,19)11-16(17)15-9-4-3-7-13(15)2/h3-4,7,9,12,14,16H,5-6,8,10-11,17H2,1-2H3. The minimum absolute atomic E-state index is 0.0647. The molecule has 0 bridgehead atoms. The van der Waals surface area contributed by atoms with Crippen molar-refractivity contribution in [3.05, 3.63) is 35.4 Å². The highest BCUT2D eigenvalue weighted by molar-refractivity contribution is 7.92. The van der Waals surface area contributed by atoms with Gasteiger partial charge in [0.1, 0.15) is 0 Å². The molecule has 112 valence electrons. The molecular weight excluding hydrogens is 270 g/mol. The van der Waals surface area contributed by atoms with Gasteiger partial charge in [0.15, 0.2) is 9.84 Å². The Labute approximate surface area is 122 Å². The molecule has 1 aromatic rings. The minimum Gasteiger partial charge on any atom is -0.323 e. The Balaban J connectivity index is 2.10. The van der Waals surface area contributed by atoms with E-state index in [0.717, 1.165) is 36.8 Å². The van der Waals surface area contributed by atoms with Crippen molar-refractivity contribution in [2.24, 2.45) is 11.7 Å². The monoisotopic (exact) mass is 295 g/mol. The summed E-state index contributed by atoms with van der Waals surface area (Å²) in [5.74, 6) is 0.577. The van der Waals surface area contributed by atoms with Crippen LogP contribution in [0, 0.1) is 12.8 Å². The second-order valence-corrected chi connectivity index (χ2v) is 8.51. The molecule has 1 saturated carbocycles. The maximum absolute atomic E-state index is 12.5. The molecule has 0 heterocycles. The number of nitrogens with two attached hydrogens (primary N) is 1. The van der Waals surface area contributed by atoms with Crippen LogP contribution in [-0.2, 0) is 9.84 Å². The summed E-state index contributed by atoms with van der Waals surface area (Å²) in [6, 6.07) is 7.35. The molecule has 0 amide bonds. The van der Waals surface area contributed by atoms with Crippen LogP contribution >= 0.6 is 0 Å². The summed E-state index contributed by atoms with van der Waals surface area (Å²) in [5.41, 5.74) is 8.15. The van der Waals surface area contributed by atoms with Crippen LogP contribution in [0.1, 0.15) is 49.8 Å². The first kappa shape index (κ1) is 15.5. The number of benzene rings is 1.